The van der Waals surface area contributed by atoms with Gasteiger partial charge < -0.3 is 11.5 Å². The standard InChI is InChI=1S/C22H14Br2N2/c23-21-14-18(8-2-16-5-11-20(26)12-6-16)22(24)13-17(21)7-1-15-3-9-19(25)10-4-15/h3-6,9-14H,25-26H2. The number of hydrogen-bond acceptors (Lipinski definition) is 2. The van der Waals surface area contributed by atoms with Crippen LogP contribution in [-0.4, -0.2) is 0 Å². The average molecular weight is 466 g/mol. The highest BCUT2D eigenvalue weighted by atomic mass is 79.9. The van der Waals surface area contributed by atoms with Gasteiger partial charge in [0.05, 0.1) is 0 Å². The fourth-order valence-corrected chi connectivity index (χ4v) is 3.04. The predicted octanol–water partition coefficient (Wildman–Crippen LogP) is 5.18. The highest BCUT2D eigenvalue weighted by Crippen LogP contribution is 2.25. The number of rotatable bonds is 0. The van der Waals surface area contributed by atoms with E-state index in [1.807, 2.05) is 60.7 Å². The predicted molar refractivity (Wildman–Crippen MR) is 116 cm³/mol. The van der Waals surface area contributed by atoms with Gasteiger partial charge in [-0.1, -0.05) is 23.7 Å². The van der Waals surface area contributed by atoms with Crippen LogP contribution in [-0.2, 0) is 0 Å². The topological polar surface area (TPSA) is 52.0 Å². The molecule has 0 fully saturated rings. The molecule has 0 unspecified atom stereocenters. The molecule has 0 spiro atoms. The number of nitrogen functional groups attached to an aromatic ring is 2. The SMILES string of the molecule is Nc1ccc(C#Cc2cc(Br)c(C#Cc3ccc(N)cc3)cc2Br)cc1. The molecule has 0 radical (unpaired) electrons. The zero-order valence-corrected chi connectivity index (χ0v) is 16.9. The molecule has 4 N–H and O–H groups in total. The van der Waals surface area contributed by atoms with Gasteiger partial charge in [0.25, 0.3) is 0 Å². The molecule has 0 aromatic heterocycles. The lowest BCUT2D eigenvalue weighted by molar-refractivity contribution is 1.51. The Morgan fingerprint density at radius 3 is 1.23 bits per heavy atom. The molecule has 0 bridgehead atoms. The Labute approximate surface area is 169 Å². The number of nitrogens with two attached hydrogens (primary N) is 2. The third kappa shape index (κ3) is 4.70. The van der Waals surface area contributed by atoms with E-state index >= 15 is 0 Å². The monoisotopic (exact) mass is 464 g/mol. The van der Waals surface area contributed by atoms with Crippen molar-refractivity contribution in [2.75, 3.05) is 11.5 Å². The number of halogens is 2. The normalized spacial score (nSPS) is 9.62. The van der Waals surface area contributed by atoms with E-state index in [0.29, 0.717) is 0 Å². The molecular weight excluding hydrogens is 452 g/mol. The summed E-state index contributed by atoms with van der Waals surface area (Å²) in [4.78, 5) is 0. The first-order chi connectivity index (χ1) is 12.5. The maximum absolute atomic E-state index is 5.69. The summed E-state index contributed by atoms with van der Waals surface area (Å²) in [6.07, 6.45) is 0. The van der Waals surface area contributed by atoms with Crippen molar-refractivity contribution in [3.8, 4) is 23.7 Å². The first-order valence-electron chi connectivity index (χ1n) is 7.75. The zero-order valence-electron chi connectivity index (χ0n) is 13.7. The van der Waals surface area contributed by atoms with Gasteiger partial charge in [0, 0.05) is 42.6 Å². The second-order valence-electron chi connectivity index (χ2n) is 5.56. The van der Waals surface area contributed by atoms with Crippen molar-refractivity contribution in [1.29, 1.82) is 0 Å². The summed E-state index contributed by atoms with van der Waals surface area (Å²) in [5.41, 5.74) is 16.4. The molecule has 0 aliphatic carbocycles. The molecule has 0 heterocycles. The van der Waals surface area contributed by atoms with Gasteiger partial charge in [0.15, 0.2) is 0 Å². The largest absolute Gasteiger partial charge is 0.399 e. The molecule has 126 valence electrons. The summed E-state index contributed by atoms with van der Waals surface area (Å²) < 4.78 is 1.79. The Hall–Kier alpha value is -2.66. The van der Waals surface area contributed by atoms with Gasteiger partial charge in [0.2, 0.25) is 0 Å². The van der Waals surface area contributed by atoms with Crippen molar-refractivity contribution in [2.45, 2.75) is 0 Å². The summed E-state index contributed by atoms with van der Waals surface area (Å²) >= 11 is 7.15. The minimum absolute atomic E-state index is 0.725. The number of hydrogen-bond donors (Lipinski definition) is 2. The van der Waals surface area contributed by atoms with E-state index in [0.717, 1.165) is 42.6 Å². The molecule has 3 aromatic carbocycles. The maximum Gasteiger partial charge on any atom is 0.0403 e. The Morgan fingerprint density at radius 2 is 0.885 bits per heavy atom. The second-order valence-corrected chi connectivity index (χ2v) is 7.26. The molecule has 0 aliphatic rings. The van der Waals surface area contributed by atoms with Gasteiger partial charge in [0.1, 0.15) is 0 Å². The number of anilines is 2. The van der Waals surface area contributed by atoms with Gasteiger partial charge in [-0.25, -0.2) is 0 Å². The Bertz CT molecular complexity index is 973. The van der Waals surface area contributed by atoms with E-state index in [-0.39, 0.29) is 0 Å². The van der Waals surface area contributed by atoms with E-state index in [1.165, 1.54) is 0 Å². The van der Waals surface area contributed by atoms with Gasteiger partial charge in [-0.15, -0.1) is 0 Å². The number of benzene rings is 3. The maximum atomic E-state index is 5.69. The van der Waals surface area contributed by atoms with Crippen LogP contribution >= 0.6 is 31.9 Å². The average Bonchev–Trinajstić information content (AvgIpc) is 2.63. The van der Waals surface area contributed by atoms with Gasteiger partial charge in [-0.2, -0.15) is 0 Å². The van der Waals surface area contributed by atoms with E-state index < -0.39 is 0 Å². The van der Waals surface area contributed by atoms with Crippen LogP contribution in [0.5, 0.6) is 0 Å². The molecule has 2 nitrogen and oxygen atoms in total. The molecule has 0 atom stereocenters. The third-order valence-electron chi connectivity index (χ3n) is 3.56. The smallest absolute Gasteiger partial charge is 0.0403 e. The van der Waals surface area contributed by atoms with Gasteiger partial charge in [-0.05, 0) is 92.5 Å². The highest BCUT2D eigenvalue weighted by molar-refractivity contribution is 9.11. The van der Waals surface area contributed by atoms with E-state index in [4.69, 9.17) is 11.5 Å². The molecule has 3 aromatic rings. The first kappa shape index (κ1) is 18.1. The van der Waals surface area contributed by atoms with E-state index in [2.05, 4.69) is 55.5 Å². The van der Waals surface area contributed by atoms with Crippen LogP contribution in [0.25, 0.3) is 0 Å². The zero-order chi connectivity index (χ0) is 18.5. The summed E-state index contributed by atoms with van der Waals surface area (Å²) in [7, 11) is 0. The summed E-state index contributed by atoms with van der Waals surface area (Å²) in [5, 5.41) is 0. The fourth-order valence-electron chi connectivity index (χ4n) is 2.15. The van der Waals surface area contributed by atoms with Crippen molar-refractivity contribution in [3.05, 3.63) is 91.9 Å². The van der Waals surface area contributed by atoms with Gasteiger partial charge >= 0.3 is 0 Å². The van der Waals surface area contributed by atoms with Gasteiger partial charge in [-0.3, -0.25) is 0 Å². The quantitative estimate of drug-likeness (QED) is 0.355. The minimum atomic E-state index is 0.725. The van der Waals surface area contributed by atoms with Crippen LogP contribution in [0.4, 0.5) is 11.4 Å². The Morgan fingerprint density at radius 1 is 0.538 bits per heavy atom. The summed E-state index contributed by atoms with van der Waals surface area (Å²) in [6.45, 7) is 0. The minimum Gasteiger partial charge on any atom is -0.399 e. The first-order valence-corrected chi connectivity index (χ1v) is 9.34. The molecule has 0 saturated carbocycles. The Kier molecular flexibility index (Phi) is 5.68. The second kappa shape index (κ2) is 8.15. The molecule has 0 amide bonds. The van der Waals surface area contributed by atoms with E-state index in [9.17, 15) is 0 Å². The Balaban J connectivity index is 1.87. The van der Waals surface area contributed by atoms with Crippen LogP contribution < -0.4 is 11.5 Å². The van der Waals surface area contributed by atoms with Crippen LogP contribution in [0.1, 0.15) is 22.3 Å². The summed E-state index contributed by atoms with van der Waals surface area (Å²) in [5.74, 6) is 12.6. The molecule has 0 aliphatic heterocycles. The van der Waals surface area contributed by atoms with E-state index in [1.54, 1.807) is 0 Å². The van der Waals surface area contributed by atoms with Crippen LogP contribution in [0, 0.1) is 23.7 Å². The van der Waals surface area contributed by atoms with Crippen molar-refractivity contribution in [2.24, 2.45) is 0 Å². The van der Waals surface area contributed by atoms with Crippen LogP contribution in [0.15, 0.2) is 69.6 Å². The van der Waals surface area contributed by atoms with Crippen LogP contribution in [0.2, 0.25) is 0 Å². The molecule has 4 heteroatoms. The van der Waals surface area contributed by atoms with Crippen molar-refractivity contribution < 1.29 is 0 Å². The summed E-state index contributed by atoms with van der Waals surface area (Å²) in [6, 6.07) is 18.9. The third-order valence-corrected chi connectivity index (χ3v) is 4.87. The van der Waals surface area contributed by atoms with Crippen molar-refractivity contribution in [3.63, 3.8) is 0 Å². The molecular formula is C22H14Br2N2. The lowest BCUT2D eigenvalue weighted by atomic mass is 10.1. The fraction of sp³-hybridized carbons (Fsp3) is 0. The lowest BCUT2D eigenvalue weighted by Gasteiger charge is -2.01. The highest BCUT2D eigenvalue weighted by Gasteiger charge is 2.03. The van der Waals surface area contributed by atoms with Crippen LogP contribution in [0.3, 0.4) is 0 Å². The van der Waals surface area contributed by atoms with Crippen molar-refractivity contribution in [1.82, 2.24) is 0 Å². The lowest BCUT2D eigenvalue weighted by Crippen LogP contribution is -1.86. The van der Waals surface area contributed by atoms with Crippen molar-refractivity contribution >= 4 is 43.2 Å². The molecule has 3 rings (SSSR count). The molecule has 0 saturated heterocycles. The molecule has 26 heavy (non-hydrogen) atoms.